The van der Waals surface area contributed by atoms with Crippen LogP contribution in [0.5, 0.6) is 11.5 Å². The summed E-state index contributed by atoms with van der Waals surface area (Å²) in [7, 11) is 1.87. The van der Waals surface area contributed by atoms with E-state index >= 15 is 0 Å². The summed E-state index contributed by atoms with van der Waals surface area (Å²) in [6.45, 7) is 0. The predicted molar refractivity (Wildman–Crippen MR) is 88.2 cm³/mol. The molecule has 0 aliphatic carbocycles. The van der Waals surface area contributed by atoms with Crippen LogP contribution in [0.4, 0.5) is 5.69 Å². The molecular formula is C15H16BrNO3S. The maximum Gasteiger partial charge on any atom is 0.123 e. The predicted octanol–water partition coefficient (Wildman–Crippen LogP) is 3.36. The van der Waals surface area contributed by atoms with Crippen molar-refractivity contribution in [2.45, 2.75) is 10.6 Å². The Hall–Kier alpha value is -1.53. The van der Waals surface area contributed by atoms with Gasteiger partial charge in [-0.05, 0) is 36.4 Å². The van der Waals surface area contributed by atoms with Crippen LogP contribution in [0, 0.1) is 0 Å². The summed E-state index contributed by atoms with van der Waals surface area (Å²) in [5.74, 6) is 1.65. The van der Waals surface area contributed by atoms with Gasteiger partial charge >= 0.3 is 0 Å². The zero-order valence-electron chi connectivity index (χ0n) is 11.8. The summed E-state index contributed by atoms with van der Waals surface area (Å²) in [4.78, 5) is 0.566. The summed E-state index contributed by atoms with van der Waals surface area (Å²) in [6, 6.07) is 10.8. The minimum Gasteiger partial charge on any atom is -0.497 e. The molecule has 0 fully saturated rings. The standard InChI is InChI=1S/C15H16BrNO3S/c1-19-12-4-5-13(17)15(8-12)21(18)9-10-7-11(16)3-6-14(10)20-2/h3-8H,9,17H2,1-2H3. The first-order chi connectivity index (χ1) is 10.0. The highest BCUT2D eigenvalue weighted by Crippen LogP contribution is 2.28. The minimum absolute atomic E-state index is 0.319. The Bertz CT molecular complexity index is 676. The number of hydrogen-bond donors (Lipinski definition) is 1. The van der Waals surface area contributed by atoms with Gasteiger partial charge in [0.15, 0.2) is 0 Å². The molecule has 0 aliphatic heterocycles. The lowest BCUT2D eigenvalue weighted by molar-refractivity contribution is 0.411. The third kappa shape index (κ3) is 3.77. The van der Waals surface area contributed by atoms with E-state index in [4.69, 9.17) is 15.2 Å². The number of benzene rings is 2. The molecule has 2 N–H and O–H groups in total. The van der Waals surface area contributed by atoms with Gasteiger partial charge in [-0.15, -0.1) is 0 Å². The van der Waals surface area contributed by atoms with Crippen LogP contribution in [0.3, 0.4) is 0 Å². The molecule has 0 heterocycles. The number of hydrogen-bond acceptors (Lipinski definition) is 4. The molecule has 0 spiro atoms. The van der Waals surface area contributed by atoms with E-state index in [0.717, 1.165) is 10.0 Å². The third-order valence-corrected chi connectivity index (χ3v) is 4.91. The van der Waals surface area contributed by atoms with E-state index in [1.54, 1.807) is 32.4 Å². The second kappa shape index (κ2) is 6.95. The quantitative estimate of drug-likeness (QED) is 0.820. The lowest BCUT2D eigenvalue weighted by Gasteiger charge is -2.11. The van der Waals surface area contributed by atoms with E-state index < -0.39 is 10.8 Å². The Morgan fingerprint density at radius 2 is 1.90 bits per heavy atom. The molecule has 112 valence electrons. The molecule has 2 rings (SSSR count). The smallest absolute Gasteiger partial charge is 0.123 e. The van der Waals surface area contributed by atoms with Gasteiger partial charge in [-0.25, -0.2) is 0 Å². The number of nitrogen functional groups attached to an aromatic ring is 1. The molecule has 0 radical (unpaired) electrons. The Morgan fingerprint density at radius 1 is 1.14 bits per heavy atom. The molecule has 0 saturated carbocycles. The van der Waals surface area contributed by atoms with Crippen molar-refractivity contribution in [1.29, 1.82) is 0 Å². The normalized spacial score (nSPS) is 12.0. The summed E-state index contributed by atoms with van der Waals surface area (Å²) < 4.78 is 24.0. The van der Waals surface area contributed by atoms with Crippen molar-refractivity contribution >= 4 is 32.4 Å². The summed E-state index contributed by atoms with van der Waals surface area (Å²) in [5, 5.41) is 0. The van der Waals surface area contributed by atoms with Crippen molar-refractivity contribution in [2.75, 3.05) is 20.0 Å². The zero-order chi connectivity index (χ0) is 15.4. The molecule has 0 amide bonds. The second-order valence-corrected chi connectivity index (χ2v) is 6.69. The number of methoxy groups -OCH3 is 2. The second-order valence-electron chi connectivity index (χ2n) is 4.35. The first-order valence-electron chi connectivity index (χ1n) is 6.19. The van der Waals surface area contributed by atoms with Crippen molar-refractivity contribution in [2.24, 2.45) is 0 Å². The lowest BCUT2D eigenvalue weighted by Crippen LogP contribution is -2.03. The van der Waals surface area contributed by atoms with Crippen molar-refractivity contribution in [3.05, 3.63) is 46.4 Å². The number of nitrogens with two attached hydrogens (primary N) is 1. The highest BCUT2D eigenvalue weighted by molar-refractivity contribution is 9.10. The highest BCUT2D eigenvalue weighted by Gasteiger charge is 2.13. The van der Waals surface area contributed by atoms with E-state index in [0.29, 0.717) is 27.8 Å². The van der Waals surface area contributed by atoms with Gasteiger partial charge in [0.05, 0.1) is 35.7 Å². The van der Waals surface area contributed by atoms with Crippen LogP contribution < -0.4 is 15.2 Å². The molecule has 21 heavy (non-hydrogen) atoms. The fourth-order valence-electron chi connectivity index (χ4n) is 1.92. The first kappa shape index (κ1) is 15.9. The summed E-state index contributed by atoms with van der Waals surface area (Å²) >= 11 is 3.41. The van der Waals surface area contributed by atoms with Crippen LogP contribution in [0.1, 0.15) is 5.56 Å². The van der Waals surface area contributed by atoms with Crippen LogP contribution in [0.15, 0.2) is 45.8 Å². The average molecular weight is 370 g/mol. The molecule has 2 aromatic carbocycles. The molecule has 0 aliphatic rings. The van der Waals surface area contributed by atoms with Gasteiger partial charge in [0, 0.05) is 15.7 Å². The van der Waals surface area contributed by atoms with Crippen LogP contribution in [0.25, 0.3) is 0 Å². The Morgan fingerprint density at radius 3 is 2.57 bits per heavy atom. The highest BCUT2D eigenvalue weighted by atomic mass is 79.9. The molecule has 6 heteroatoms. The molecule has 2 aromatic rings. The van der Waals surface area contributed by atoms with Crippen molar-refractivity contribution in [1.82, 2.24) is 0 Å². The van der Waals surface area contributed by atoms with E-state index in [1.807, 2.05) is 18.2 Å². The van der Waals surface area contributed by atoms with E-state index in [-0.39, 0.29) is 0 Å². The van der Waals surface area contributed by atoms with Crippen LogP contribution >= 0.6 is 15.9 Å². The van der Waals surface area contributed by atoms with Gasteiger partial charge in [-0.3, -0.25) is 4.21 Å². The van der Waals surface area contributed by atoms with Gasteiger partial charge in [0.2, 0.25) is 0 Å². The summed E-state index contributed by atoms with van der Waals surface area (Å²) in [5.41, 5.74) is 7.25. The number of halogens is 1. The minimum atomic E-state index is -1.28. The van der Waals surface area contributed by atoms with Crippen LogP contribution in [-0.2, 0) is 16.6 Å². The number of ether oxygens (including phenoxy) is 2. The largest absolute Gasteiger partial charge is 0.497 e. The fraction of sp³-hybridized carbons (Fsp3) is 0.200. The average Bonchev–Trinajstić information content (AvgIpc) is 2.48. The fourth-order valence-corrected chi connectivity index (χ4v) is 3.57. The van der Waals surface area contributed by atoms with Crippen LogP contribution in [0.2, 0.25) is 0 Å². The summed E-state index contributed by atoms with van der Waals surface area (Å²) in [6.07, 6.45) is 0. The molecule has 1 atom stereocenters. The number of anilines is 1. The molecular weight excluding hydrogens is 354 g/mol. The maximum absolute atomic E-state index is 12.6. The number of rotatable bonds is 5. The van der Waals surface area contributed by atoms with Crippen molar-refractivity contribution in [3.8, 4) is 11.5 Å². The lowest BCUT2D eigenvalue weighted by atomic mass is 10.2. The monoisotopic (exact) mass is 369 g/mol. The van der Waals surface area contributed by atoms with Gasteiger partial charge in [0.25, 0.3) is 0 Å². The van der Waals surface area contributed by atoms with Gasteiger partial charge in [-0.2, -0.15) is 0 Å². The molecule has 4 nitrogen and oxygen atoms in total. The van der Waals surface area contributed by atoms with Crippen molar-refractivity contribution in [3.63, 3.8) is 0 Å². The van der Waals surface area contributed by atoms with Crippen LogP contribution in [-0.4, -0.2) is 18.4 Å². The van der Waals surface area contributed by atoms with E-state index in [1.165, 1.54) is 0 Å². The molecule has 0 aromatic heterocycles. The van der Waals surface area contributed by atoms with Gasteiger partial charge in [0.1, 0.15) is 11.5 Å². The SMILES string of the molecule is COc1ccc(N)c(S(=O)Cc2cc(Br)ccc2OC)c1. The van der Waals surface area contributed by atoms with E-state index in [9.17, 15) is 4.21 Å². The third-order valence-electron chi connectivity index (χ3n) is 3.00. The zero-order valence-corrected chi connectivity index (χ0v) is 14.2. The molecule has 0 bridgehead atoms. The Balaban J connectivity index is 2.32. The Labute approximate surface area is 134 Å². The van der Waals surface area contributed by atoms with Crippen molar-refractivity contribution < 1.29 is 13.7 Å². The molecule has 0 saturated heterocycles. The molecule has 1 unspecified atom stereocenters. The topological polar surface area (TPSA) is 61.5 Å². The van der Waals surface area contributed by atoms with E-state index in [2.05, 4.69) is 15.9 Å². The van der Waals surface area contributed by atoms with Gasteiger partial charge in [-0.1, -0.05) is 15.9 Å². The van der Waals surface area contributed by atoms with Gasteiger partial charge < -0.3 is 15.2 Å². The Kier molecular flexibility index (Phi) is 5.25. The maximum atomic E-state index is 12.6. The first-order valence-corrected chi connectivity index (χ1v) is 8.30.